The van der Waals surface area contributed by atoms with Crippen LogP contribution in [0.3, 0.4) is 0 Å². The molecule has 6 rings (SSSR count). The Balaban J connectivity index is 1.34. The number of ether oxygens (including phenoxy) is 2. The first-order valence-electron chi connectivity index (χ1n) is 14.7. The van der Waals surface area contributed by atoms with E-state index in [1.807, 2.05) is 48.5 Å². The first kappa shape index (κ1) is 29.8. The average molecular weight is 609 g/mol. The Morgan fingerprint density at radius 3 is 2.38 bits per heavy atom. The predicted molar refractivity (Wildman–Crippen MR) is 168 cm³/mol. The van der Waals surface area contributed by atoms with E-state index in [-0.39, 0.29) is 19.0 Å². The lowest BCUT2D eigenvalue weighted by molar-refractivity contribution is -0.140. The number of nitrogens with one attached hydrogen (secondary N) is 1. The molecular weight excluding hydrogens is 575 g/mol. The molecule has 2 amide bonds. The fourth-order valence-corrected chi connectivity index (χ4v) is 5.41. The molecule has 1 aliphatic heterocycles. The standard InChI is InChI=1S/C34H33FN6O4/c1-44-29-16-8-25(9-17-29)33(34(43)36-27-12-14-28(15-13-27)39-18-20-45-21-19-39)40(22-24-6-10-26(35)11-7-24)32(42)23-41-31-5-3-2-4-30(31)37-38-41/h2-17,33H,18-23H2,1H3,(H,36,43). The van der Waals surface area contributed by atoms with Crippen molar-refractivity contribution in [3.8, 4) is 5.75 Å². The van der Waals surface area contributed by atoms with Crippen molar-refractivity contribution in [1.29, 1.82) is 0 Å². The molecule has 2 heterocycles. The van der Waals surface area contributed by atoms with Gasteiger partial charge >= 0.3 is 0 Å². The van der Waals surface area contributed by atoms with E-state index in [2.05, 4.69) is 20.5 Å². The van der Waals surface area contributed by atoms with Crippen LogP contribution in [-0.4, -0.2) is 65.1 Å². The Kier molecular flexibility index (Phi) is 8.97. The van der Waals surface area contributed by atoms with Crippen molar-refractivity contribution in [3.63, 3.8) is 0 Å². The van der Waals surface area contributed by atoms with Gasteiger partial charge in [-0.1, -0.05) is 41.6 Å². The molecule has 4 aromatic carbocycles. The van der Waals surface area contributed by atoms with Crippen LogP contribution >= 0.6 is 0 Å². The molecule has 10 nitrogen and oxygen atoms in total. The zero-order chi connectivity index (χ0) is 31.2. The quantitative estimate of drug-likeness (QED) is 0.243. The minimum absolute atomic E-state index is 0.0474. The minimum Gasteiger partial charge on any atom is -0.497 e. The average Bonchev–Trinajstić information content (AvgIpc) is 3.49. The minimum atomic E-state index is -1.04. The van der Waals surface area contributed by atoms with E-state index < -0.39 is 17.8 Å². The number of benzene rings is 4. The summed E-state index contributed by atoms with van der Waals surface area (Å²) >= 11 is 0. The summed E-state index contributed by atoms with van der Waals surface area (Å²) in [6, 6.07) is 26.8. The number of carbonyl (C=O) groups is 2. The SMILES string of the molecule is COc1ccc(C(C(=O)Nc2ccc(N3CCOCC3)cc2)N(Cc2ccc(F)cc2)C(=O)Cn2nnc3ccccc32)cc1. The molecule has 1 aromatic heterocycles. The zero-order valence-corrected chi connectivity index (χ0v) is 24.8. The summed E-state index contributed by atoms with van der Waals surface area (Å²) in [5, 5.41) is 11.4. The van der Waals surface area contributed by atoms with E-state index >= 15 is 0 Å². The number of fused-ring (bicyclic) bond motifs is 1. The van der Waals surface area contributed by atoms with Crippen molar-refractivity contribution in [1.82, 2.24) is 19.9 Å². The van der Waals surface area contributed by atoms with Crippen molar-refractivity contribution in [2.75, 3.05) is 43.6 Å². The molecule has 1 fully saturated rings. The molecule has 1 atom stereocenters. The fraction of sp³-hybridized carbons (Fsp3) is 0.235. The number of carbonyl (C=O) groups excluding carboxylic acids is 2. The Morgan fingerprint density at radius 1 is 0.956 bits per heavy atom. The van der Waals surface area contributed by atoms with Crippen LogP contribution in [0.15, 0.2) is 97.1 Å². The smallest absolute Gasteiger partial charge is 0.251 e. The highest BCUT2D eigenvalue weighted by molar-refractivity contribution is 5.98. The summed E-state index contributed by atoms with van der Waals surface area (Å²) < 4.78 is 26.1. The molecule has 5 aromatic rings. The molecule has 0 radical (unpaired) electrons. The third-order valence-electron chi connectivity index (χ3n) is 7.79. The molecule has 1 N–H and O–H groups in total. The maximum Gasteiger partial charge on any atom is 0.251 e. The van der Waals surface area contributed by atoms with Gasteiger partial charge in [0, 0.05) is 31.0 Å². The summed E-state index contributed by atoms with van der Waals surface area (Å²) in [6.45, 7) is 2.83. The first-order chi connectivity index (χ1) is 22.0. The van der Waals surface area contributed by atoms with Crippen molar-refractivity contribution >= 4 is 34.2 Å². The summed E-state index contributed by atoms with van der Waals surface area (Å²) in [5.74, 6) is -0.551. The zero-order valence-electron chi connectivity index (χ0n) is 24.8. The van der Waals surface area contributed by atoms with Gasteiger partial charge in [-0.2, -0.15) is 0 Å². The number of aromatic nitrogens is 3. The van der Waals surface area contributed by atoms with Gasteiger partial charge in [0.15, 0.2) is 0 Å². The van der Waals surface area contributed by atoms with Crippen LogP contribution in [-0.2, 0) is 27.4 Å². The van der Waals surface area contributed by atoms with Crippen LogP contribution < -0.4 is 15.0 Å². The Bertz CT molecular complexity index is 1750. The normalized spacial score (nSPS) is 13.8. The fourth-order valence-electron chi connectivity index (χ4n) is 5.41. The van der Waals surface area contributed by atoms with Crippen LogP contribution in [0, 0.1) is 5.82 Å². The molecule has 0 bridgehead atoms. The van der Waals surface area contributed by atoms with E-state index in [1.165, 1.54) is 21.7 Å². The Hall–Kier alpha value is -5.29. The Morgan fingerprint density at radius 2 is 1.67 bits per heavy atom. The van der Waals surface area contributed by atoms with Gasteiger partial charge in [-0.25, -0.2) is 9.07 Å². The second-order valence-electron chi connectivity index (χ2n) is 10.7. The largest absolute Gasteiger partial charge is 0.497 e. The monoisotopic (exact) mass is 608 g/mol. The highest BCUT2D eigenvalue weighted by atomic mass is 19.1. The molecular formula is C34H33FN6O4. The van der Waals surface area contributed by atoms with Crippen molar-refractivity contribution in [3.05, 3.63) is 114 Å². The highest BCUT2D eigenvalue weighted by Gasteiger charge is 2.32. The van der Waals surface area contributed by atoms with Gasteiger partial charge in [0.2, 0.25) is 5.91 Å². The second-order valence-corrected chi connectivity index (χ2v) is 10.7. The van der Waals surface area contributed by atoms with Gasteiger partial charge in [-0.15, -0.1) is 5.10 Å². The van der Waals surface area contributed by atoms with Crippen LogP contribution in [0.4, 0.5) is 15.8 Å². The second kappa shape index (κ2) is 13.6. The number of anilines is 2. The number of nitrogens with zero attached hydrogens (tertiary/aromatic N) is 5. The van der Waals surface area contributed by atoms with Crippen LogP contribution in [0.2, 0.25) is 0 Å². The highest BCUT2D eigenvalue weighted by Crippen LogP contribution is 2.29. The molecule has 1 aliphatic rings. The molecule has 230 valence electrons. The number of morpholine rings is 1. The number of rotatable bonds is 10. The van der Waals surface area contributed by atoms with Crippen molar-refractivity contribution < 1.29 is 23.5 Å². The van der Waals surface area contributed by atoms with Crippen molar-refractivity contribution in [2.24, 2.45) is 0 Å². The lowest BCUT2D eigenvalue weighted by Crippen LogP contribution is -2.42. The number of hydrogen-bond donors (Lipinski definition) is 1. The number of para-hydroxylation sites is 1. The summed E-state index contributed by atoms with van der Waals surface area (Å²) in [6.07, 6.45) is 0. The van der Waals surface area contributed by atoms with E-state index in [9.17, 15) is 14.0 Å². The molecule has 1 unspecified atom stereocenters. The number of halogens is 1. The maximum absolute atomic E-state index is 14.2. The molecule has 1 saturated heterocycles. The molecule has 0 spiro atoms. The summed E-state index contributed by atoms with van der Waals surface area (Å²) in [5.41, 5.74) is 4.22. The van der Waals surface area contributed by atoms with Crippen LogP contribution in [0.1, 0.15) is 17.2 Å². The van der Waals surface area contributed by atoms with Gasteiger partial charge in [0.25, 0.3) is 5.91 Å². The molecule has 0 aliphatic carbocycles. The summed E-state index contributed by atoms with van der Waals surface area (Å²) in [4.78, 5) is 32.1. The van der Waals surface area contributed by atoms with Gasteiger partial charge in [0.1, 0.15) is 29.7 Å². The van der Waals surface area contributed by atoms with Gasteiger partial charge in [-0.3, -0.25) is 9.59 Å². The Labute approximate surface area is 260 Å². The van der Waals surface area contributed by atoms with Gasteiger partial charge in [-0.05, 0) is 71.8 Å². The summed E-state index contributed by atoms with van der Waals surface area (Å²) in [7, 11) is 1.56. The number of amides is 2. The van der Waals surface area contributed by atoms with E-state index in [0.717, 1.165) is 18.8 Å². The van der Waals surface area contributed by atoms with E-state index in [1.54, 1.807) is 43.5 Å². The molecule has 45 heavy (non-hydrogen) atoms. The van der Waals surface area contributed by atoms with Crippen molar-refractivity contribution in [2.45, 2.75) is 19.1 Å². The lowest BCUT2D eigenvalue weighted by Gasteiger charge is -2.32. The first-order valence-corrected chi connectivity index (χ1v) is 14.7. The van der Waals surface area contributed by atoms with E-state index in [4.69, 9.17) is 9.47 Å². The molecule has 11 heteroatoms. The van der Waals surface area contributed by atoms with E-state index in [0.29, 0.717) is 46.8 Å². The molecule has 0 saturated carbocycles. The number of hydrogen-bond acceptors (Lipinski definition) is 7. The van der Waals surface area contributed by atoms with Crippen LogP contribution in [0.5, 0.6) is 5.75 Å². The van der Waals surface area contributed by atoms with Crippen LogP contribution in [0.25, 0.3) is 11.0 Å². The maximum atomic E-state index is 14.2. The van der Waals surface area contributed by atoms with Gasteiger partial charge in [0.05, 0.1) is 25.8 Å². The lowest BCUT2D eigenvalue weighted by atomic mass is 10.0. The topological polar surface area (TPSA) is 102 Å². The number of methoxy groups -OCH3 is 1. The van der Waals surface area contributed by atoms with Gasteiger partial charge < -0.3 is 24.6 Å². The third kappa shape index (κ3) is 6.94. The predicted octanol–water partition coefficient (Wildman–Crippen LogP) is 4.82. The third-order valence-corrected chi connectivity index (χ3v) is 7.79.